The van der Waals surface area contributed by atoms with Crippen molar-refractivity contribution in [3.63, 3.8) is 0 Å². The average molecular weight is 307 g/mol. The summed E-state index contributed by atoms with van der Waals surface area (Å²) >= 11 is 0. The van der Waals surface area contributed by atoms with Gasteiger partial charge in [0.05, 0.1) is 0 Å². The molecule has 0 atom stereocenters. The standard InChI is InChI=1S/C17H26FN3O/c1-3-20(4-2)17(22)21-13-11-19(12-14-21)10-9-15-5-7-16(18)8-6-15/h5-8H,3-4,9-14H2,1-2H3. The molecule has 1 fully saturated rings. The van der Waals surface area contributed by atoms with Crippen LogP contribution in [0, 0.1) is 5.82 Å². The van der Waals surface area contributed by atoms with E-state index in [1.807, 2.05) is 35.8 Å². The molecule has 1 heterocycles. The van der Waals surface area contributed by atoms with Crippen LogP contribution < -0.4 is 0 Å². The van der Waals surface area contributed by atoms with Crippen LogP contribution in [0.2, 0.25) is 0 Å². The largest absolute Gasteiger partial charge is 0.325 e. The van der Waals surface area contributed by atoms with Gasteiger partial charge in [-0.15, -0.1) is 0 Å². The van der Waals surface area contributed by atoms with Crippen molar-refractivity contribution >= 4 is 6.03 Å². The molecule has 1 aliphatic heterocycles. The van der Waals surface area contributed by atoms with Crippen LogP contribution in [-0.4, -0.2) is 66.5 Å². The lowest BCUT2D eigenvalue weighted by Gasteiger charge is -2.37. The Hall–Kier alpha value is -1.62. The molecular weight excluding hydrogens is 281 g/mol. The van der Waals surface area contributed by atoms with Gasteiger partial charge in [-0.2, -0.15) is 0 Å². The second kappa shape index (κ2) is 8.13. The highest BCUT2D eigenvalue weighted by atomic mass is 19.1. The Morgan fingerprint density at radius 2 is 1.68 bits per heavy atom. The fourth-order valence-electron chi connectivity index (χ4n) is 2.80. The number of urea groups is 1. The van der Waals surface area contributed by atoms with Gasteiger partial charge in [-0.05, 0) is 38.0 Å². The summed E-state index contributed by atoms with van der Waals surface area (Å²) in [6.07, 6.45) is 0.921. The summed E-state index contributed by atoms with van der Waals surface area (Å²) < 4.78 is 12.9. The van der Waals surface area contributed by atoms with E-state index in [4.69, 9.17) is 0 Å². The quantitative estimate of drug-likeness (QED) is 0.835. The second-order valence-corrected chi connectivity index (χ2v) is 5.66. The van der Waals surface area contributed by atoms with E-state index in [0.717, 1.165) is 57.8 Å². The van der Waals surface area contributed by atoms with Gasteiger partial charge in [0.1, 0.15) is 5.82 Å². The highest BCUT2D eigenvalue weighted by Gasteiger charge is 2.23. The molecule has 1 saturated heterocycles. The first-order valence-electron chi connectivity index (χ1n) is 8.14. The zero-order valence-electron chi connectivity index (χ0n) is 13.6. The summed E-state index contributed by atoms with van der Waals surface area (Å²) in [5.41, 5.74) is 1.16. The summed E-state index contributed by atoms with van der Waals surface area (Å²) in [4.78, 5) is 18.5. The van der Waals surface area contributed by atoms with E-state index in [-0.39, 0.29) is 11.8 Å². The van der Waals surface area contributed by atoms with Crippen LogP contribution in [0.4, 0.5) is 9.18 Å². The van der Waals surface area contributed by atoms with Crippen molar-refractivity contribution in [1.82, 2.24) is 14.7 Å². The summed E-state index contributed by atoms with van der Waals surface area (Å²) in [6.45, 7) is 9.92. The zero-order chi connectivity index (χ0) is 15.9. The first-order valence-corrected chi connectivity index (χ1v) is 8.14. The Balaban J connectivity index is 1.75. The highest BCUT2D eigenvalue weighted by Crippen LogP contribution is 2.08. The molecule has 4 nitrogen and oxygen atoms in total. The molecule has 122 valence electrons. The van der Waals surface area contributed by atoms with Crippen molar-refractivity contribution in [3.8, 4) is 0 Å². The third-order valence-electron chi connectivity index (χ3n) is 4.31. The van der Waals surface area contributed by atoms with Crippen LogP contribution in [0.25, 0.3) is 0 Å². The molecule has 2 rings (SSSR count). The van der Waals surface area contributed by atoms with E-state index in [9.17, 15) is 9.18 Å². The first kappa shape index (κ1) is 16.7. The molecule has 0 N–H and O–H groups in total. The molecule has 1 aromatic rings. The number of nitrogens with zero attached hydrogens (tertiary/aromatic N) is 3. The van der Waals surface area contributed by atoms with E-state index in [2.05, 4.69) is 4.90 Å². The Kier molecular flexibility index (Phi) is 6.19. The number of hydrogen-bond donors (Lipinski definition) is 0. The molecule has 1 aliphatic rings. The third kappa shape index (κ3) is 4.44. The van der Waals surface area contributed by atoms with Crippen LogP contribution in [-0.2, 0) is 6.42 Å². The highest BCUT2D eigenvalue weighted by molar-refractivity contribution is 5.74. The van der Waals surface area contributed by atoms with Crippen molar-refractivity contribution in [3.05, 3.63) is 35.6 Å². The minimum atomic E-state index is -0.188. The van der Waals surface area contributed by atoms with Gasteiger partial charge in [0, 0.05) is 45.8 Å². The number of rotatable bonds is 5. The number of amides is 2. The normalized spacial score (nSPS) is 15.9. The molecule has 0 spiro atoms. The number of benzene rings is 1. The fourth-order valence-corrected chi connectivity index (χ4v) is 2.80. The third-order valence-corrected chi connectivity index (χ3v) is 4.31. The maximum absolute atomic E-state index is 12.9. The summed E-state index contributed by atoms with van der Waals surface area (Å²) in [7, 11) is 0. The van der Waals surface area contributed by atoms with Crippen LogP contribution in [0.3, 0.4) is 0 Å². The molecular formula is C17H26FN3O. The molecule has 0 bridgehead atoms. The number of carbonyl (C=O) groups is 1. The maximum atomic E-state index is 12.9. The lowest BCUT2D eigenvalue weighted by Crippen LogP contribution is -2.53. The predicted octanol–water partition coefficient (Wildman–Crippen LogP) is 2.45. The zero-order valence-corrected chi connectivity index (χ0v) is 13.6. The first-order chi connectivity index (χ1) is 10.6. The SMILES string of the molecule is CCN(CC)C(=O)N1CCN(CCc2ccc(F)cc2)CC1. The van der Waals surface area contributed by atoms with Crippen LogP contribution in [0.1, 0.15) is 19.4 Å². The van der Waals surface area contributed by atoms with Gasteiger partial charge in [-0.3, -0.25) is 4.90 Å². The van der Waals surface area contributed by atoms with Crippen molar-refractivity contribution in [2.45, 2.75) is 20.3 Å². The van der Waals surface area contributed by atoms with Gasteiger partial charge in [0.15, 0.2) is 0 Å². The van der Waals surface area contributed by atoms with E-state index < -0.39 is 0 Å². The summed E-state index contributed by atoms with van der Waals surface area (Å²) in [5.74, 6) is -0.188. The van der Waals surface area contributed by atoms with Gasteiger partial charge in [0.25, 0.3) is 0 Å². The van der Waals surface area contributed by atoms with Gasteiger partial charge in [-0.1, -0.05) is 12.1 Å². The van der Waals surface area contributed by atoms with E-state index in [1.54, 1.807) is 0 Å². The van der Waals surface area contributed by atoms with Crippen molar-refractivity contribution in [2.75, 3.05) is 45.8 Å². The Labute approximate surface area is 132 Å². The fraction of sp³-hybridized carbons (Fsp3) is 0.588. The Morgan fingerprint density at radius 3 is 2.23 bits per heavy atom. The summed E-state index contributed by atoms with van der Waals surface area (Å²) in [5, 5.41) is 0. The molecule has 2 amide bonds. The molecule has 0 aromatic heterocycles. The Morgan fingerprint density at radius 1 is 1.09 bits per heavy atom. The minimum absolute atomic E-state index is 0.156. The van der Waals surface area contributed by atoms with Gasteiger partial charge in [0.2, 0.25) is 0 Å². The maximum Gasteiger partial charge on any atom is 0.320 e. The second-order valence-electron chi connectivity index (χ2n) is 5.66. The van der Waals surface area contributed by atoms with Gasteiger partial charge in [-0.25, -0.2) is 9.18 Å². The summed E-state index contributed by atoms with van der Waals surface area (Å²) in [6, 6.07) is 6.86. The van der Waals surface area contributed by atoms with Crippen LogP contribution in [0.15, 0.2) is 24.3 Å². The molecule has 0 unspecified atom stereocenters. The number of halogens is 1. The molecule has 0 aliphatic carbocycles. The van der Waals surface area contributed by atoms with Crippen molar-refractivity contribution in [2.24, 2.45) is 0 Å². The van der Waals surface area contributed by atoms with Crippen molar-refractivity contribution in [1.29, 1.82) is 0 Å². The monoisotopic (exact) mass is 307 g/mol. The lowest BCUT2D eigenvalue weighted by molar-refractivity contribution is 0.116. The average Bonchev–Trinajstić information content (AvgIpc) is 2.56. The molecule has 0 radical (unpaired) electrons. The van der Waals surface area contributed by atoms with E-state index in [0.29, 0.717) is 0 Å². The molecule has 1 aromatic carbocycles. The van der Waals surface area contributed by atoms with Crippen LogP contribution in [0.5, 0.6) is 0 Å². The molecule has 0 saturated carbocycles. The topological polar surface area (TPSA) is 26.8 Å². The number of carbonyl (C=O) groups excluding carboxylic acids is 1. The smallest absolute Gasteiger partial charge is 0.320 e. The predicted molar refractivity (Wildman–Crippen MR) is 86.4 cm³/mol. The van der Waals surface area contributed by atoms with Gasteiger partial charge < -0.3 is 9.80 Å². The van der Waals surface area contributed by atoms with E-state index in [1.165, 1.54) is 12.1 Å². The Bertz CT molecular complexity index is 465. The van der Waals surface area contributed by atoms with Crippen molar-refractivity contribution < 1.29 is 9.18 Å². The lowest BCUT2D eigenvalue weighted by atomic mass is 10.1. The number of piperazine rings is 1. The molecule has 5 heteroatoms. The van der Waals surface area contributed by atoms with Gasteiger partial charge >= 0.3 is 6.03 Å². The molecule has 22 heavy (non-hydrogen) atoms. The van der Waals surface area contributed by atoms with E-state index >= 15 is 0 Å². The van der Waals surface area contributed by atoms with Crippen LogP contribution >= 0.6 is 0 Å². The minimum Gasteiger partial charge on any atom is -0.325 e. The number of hydrogen-bond acceptors (Lipinski definition) is 2.